The number of halogens is 1. The van der Waals surface area contributed by atoms with Crippen LogP contribution in [0.25, 0.3) is 0 Å². The fourth-order valence-corrected chi connectivity index (χ4v) is 3.98. The lowest BCUT2D eigenvalue weighted by Gasteiger charge is -2.39. The number of carbonyl (C=O) groups is 1. The molecule has 0 radical (unpaired) electrons. The van der Waals surface area contributed by atoms with E-state index in [1.54, 1.807) is 18.2 Å². The highest BCUT2D eigenvalue weighted by molar-refractivity contribution is 6.31. The number of ketones is 1. The SMILES string of the molecule is CCc1ccc(Cc2cc([C@@H]3C(=O)[C@H](CO)[C@@H](O)[C@H](O)[C@H]3O)ccc2Cl)cc1. The second-order valence-electron chi connectivity index (χ2n) is 7.34. The molecule has 1 aliphatic carbocycles. The van der Waals surface area contributed by atoms with Crippen molar-refractivity contribution in [3.63, 3.8) is 0 Å². The lowest BCUT2D eigenvalue weighted by molar-refractivity contribution is -0.158. The van der Waals surface area contributed by atoms with Crippen LogP contribution in [0, 0.1) is 5.92 Å². The molecule has 1 fully saturated rings. The van der Waals surface area contributed by atoms with E-state index in [1.807, 2.05) is 12.1 Å². The van der Waals surface area contributed by atoms with Crippen molar-refractivity contribution >= 4 is 17.4 Å². The number of aryl methyl sites for hydroxylation is 1. The van der Waals surface area contributed by atoms with E-state index >= 15 is 0 Å². The molecule has 2 aromatic rings. The summed E-state index contributed by atoms with van der Waals surface area (Å²) in [4.78, 5) is 12.7. The number of rotatable bonds is 5. The molecule has 0 aromatic heterocycles. The number of hydrogen-bond donors (Lipinski definition) is 4. The Morgan fingerprint density at radius 3 is 2.18 bits per heavy atom. The molecular formula is C22H25ClO5. The van der Waals surface area contributed by atoms with Crippen LogP contribution < -0.4 is 0 Å². The third-order valence-corrected chi connectivity index (χ3v) is 5.95. The van der Waals surface area contributed by atoms with Gasteiger partial charge in [0.15, 0.2) is 5.78 Å². The van der Waals surface area contributed by atoms with Crippen molar-refractivity contribution in [3.05, 3.63) is 69.7 Å². The summed E-state index contributed by atoms with van der Waals surface area (Å²) in [5.41, 5.74) is 3.61. The monoisotopic (exact) mass is 404 g/mol. The second-order valence-corrected chi connectivity index (χ2v) is 7.75. The van der Waals surface area contributed by atoms with E-state index in [1.165, 1.54) is 5.56 Å². The van der Waals surface area contributed by atoms with Gasteiger partial charge in [0, 0.05) is 5.02 Å². The first-order valence-electron chi connectivity index (χ1n) is 9.42. The molecule has 5 nitrogen and oxygen atoms in total. The van der Waals surface area contributed by atoms with Crippen molar-refractivity contribution in [2.45, 2.75) is 44.0 Å². The highest BCUT2D eigenvalue weighted by Crippen LogP contribution is 2.36. The van der Waals surface area contributed by atoms with E-state index in [0.29, 0.717) is 17.0 Å². The van der Waals surface area contributed by atoms with Gasteiger partial charge in [-0.2, -0.15) is 0 Å². The van der Waals surface area contributed by atoms with Crippen LogP contribution in [0.5, 0.6) is 0 Å². The number of benzene rings is 2. The van der Waals surface area contributed by atoms with Crippen LogP contribution in [0.2, 0.25) is 5.02 Å². The molecule has 1 aliphatic rings. The molecule has 6 heteroatoms. The Hall–Kier alpha value is -1.76. The van der Waals surface area contributed by atoms with E-state index in [4.69, 9.17) is 11.6 Å². The zero-order valence-corrected chi connectivity index (χ0v) is 16.4. The van der Waals surface area contributed by atoms with Crippen molar-refractivity contribution in [1.29, 1.82) is 0 Å². The van der Waals surface area contributed by atoms with Gasteiger partial charge in [-0.1, -0.05) is 54.9 Å². The summed E-state index contributed by atoms with van der Waals surface area (Å²) < 4.78 is 0. The minimum Gasteiger partial charge on any atom is -0.396 e. The minimum absolute atomic E-state index is 0.492. The predicted molar refractivity (Wildman–Crippen MR) is 106 cm³/mol. The van der Waals surface area contributed by atoms with Crippen LogP contribution in [0.3, 0.4) is 0 Å². The number of Topliss-reactive ketones (excluding diaryl/α,β-unsaturated/α-hetero) is 1. The van der Waals surface area contributed by atoms with Gasteiger partial charge in [0.25, 0.3) is 0 Å². The molecule has 0 aliphatic heterocycles. The Kier molecular flexibility index (Phi) is 6.53. The molecule has 3 rings (SSSR count). The lowest BCUT2D eigenvalue weighted by Crippen LogP contribution is -2.56. The zero-order chi connectivity index (χ0) is 20.4. The average Bonchev–Trinajstić information content (AvgIpc) is 2.70. The Morgan fingerprint density at radius 1 is 0.929 bits per heavy atom. The molecule has 0 saturated heterocycles. The molecule has 0 unspecified atom stereocenters. The van der Waals surface area contributed by atoms with E-state index in [9.17, 15) is 25.2 Å². The second kappa shape index (κ2) is 8.72. The Labute approximate surface area is 169 Å². The molecule has 5 atom stereocenters. The highest BCUT2D eigenvalue weighted by Gasteiger charge is 2.48. The van der Waals surface area contributed by atoms with Crippen molar-refractivity contribution in [2.24, 2.45) is 5.92 Å². The summed E-state index contributed by atoms with van der Waals surface area (Å²) in [6, 6.07) is 13.2. The van der Waals surface area contributed by atoms with Gasteiger partial charge in [-0.25, -0.2) is 0 Å². The number of aliphatic hydroxyl groups excluding tert-OH is 4. The van der Waals surface area contributed by atoms with Gasteiger partial charge in [-0.3, -0.25) is 4.79 Å². The summed E-state index contributed by atoms with van der Waals surface area (Å²) >= 11 is 6.35. The number of carbonyl (C=O) groups excluding carboxylic acids is 1. The van der Waals surface area contributed by atoms with Crippen LogP contribution in [0.4, 0.5) is 0 Å². The standard InChI is InChI=1S/C22H25ClO5/c1-2-12-3-5-13(6-4-12)9-15-10-14(7-8-17(15)23)18-19(25)16(11-24)20(26)22(28)21(18)27/h3-8,10,16,18,20-22,24,26-28H,2,9,11H2,1H3/t16-,18+,20+,21-,22-/m0/s1. The Balaban J connectivity index is 1.92. The summed E-state index contributed by atoms with van der Waals surface area (Å²) in [7, 11) is 0. The normalized spacial score (nSPS) is 27.8. The molecule has 28 heavy (non-hydrogen) atoms. The van der Waals surface area contributed by atoms with Crippen LogP contribution in [0.15, 0.2) is 42.5 Å². The van der Waals surface area contributed by atoms with E-state index in [-0.39, 0.29) is 0 Å². The molecule has 0 bridgehead atoms. The van der Waals surface area contributed by atoms with Gasteiger partial charge < -0.3 is 20.4 Å². The van der Waals surface area contributed by atoms with Gasteiger partial charge in [0.05, 0.1) is 30.7 Å². The molecule has 4 N–H and O–H groups in total. The van der Waals surface area contributed by atoms with Crippen molar-refractivity contribution < 1.29 is 25.2 Å². The molecule has 2 aromatic carbocycles. The quantitative estimate of drug-likeness (QED) is 0.609. The minimum atomic E-state index is -1.51. The van der Waals surface area contributed by atoms with Gasteiger partial charge in [-0.05, 0) is 41.2 Å². The Morgan fingerprint density at radius 2 is 1.57 bits per heavy atom. The fourth-order valence-electron chi connectivity index (χ4n) is 3.80. The Bertz CT molecular complexity index is 835. The van der Waals surface area contributed by atoms with Gasteiger partial charge in [0.2, 0.25) is 0 Å². The highest BCUT2D eigenvalue weighted by atomic mass is 35.5. The number of aliphatic hydroxyl groups is 4. The largest absolute Gasteiger partial charge is 0.396 e. The first kappa shape index (κ1) is 21.0. The molecule has 0 amide bonds. The lowest BCUT2D eigenvalue weighted by atomic mass is 9.72. The van der Waals surface area contributed by atoms with E-state index in [2.05, 4.69) is 19.1 Å². The third-order valence-electron chi connectivity index (χ3n) is 5.58. The van der Waals surface area contributed by atoms with Crippen LogP contribution in [-0.4, -0.2) is 51.1 Å². The summed E-state index contributed by atoms with van der Waals surface area (Å²) in [6.45, 7) is 1.50. The maximum atomic E-state index is 12.7. The topological polar surface area (TPSA) is 98.0 Å². The van der Waals surface area contributed by atoms with Crippen molar-refractivity contribution in [1.82, 2.24) is 0 Å². The first-order valence-corrected chi connectivity index (χ1v) is 9.80. The smallest absolute Gasteiger partial charge is 0.151 e. The van der Waals surface area contributed by atoms with Crippen LogP contribution in [-0.2, 0) is 17.6 Å². The number of hydrogen-bond acceptors (Lipinski definition) is 5. The van der Waals surface area contributed by atoms with Crippen molar-refractivity contribution in [3.8, 4) is 0 Å². The molecular weight excluding hydrogens is 380 g/mol. The fraction of sp³-hybridized carbons (Fsp3) is 0.409. The third kappa shape index (κ3) is 4.00. The first-order chi connectivity index (χ1) is 13.4. The van der Waals surface area contributed by atoms with Crippen LogP contribution in [0.1, 0.15) is 35.1 Å². The van der Waals surface area contributed by atoms with E-state index < -0.39 is 42.5 Å². The van der Waals surface area contributed by atoms with E-state index in [0.717, 1.165) is 17.5 Å². The summed E-state index contributed by atoms with van der Waals surface area (Å²) in [5, 5.41) is 40.5. The average molecular weight is 405 g/mol. The maximum absolute atomic E-state index is 12.7. The van der Waals surface area contributed by atoms with Gasteiger partial charge >= 0.3 is 0 Å². The molecule has 150 valence electrons. The molecule has 0 heterocycles. The zero-order valence-electron chi connectivity index (χ0n) is 15.6. The molecule has 0 spiro atoms. The predicted octanol–water partition coefficient (Wildman–Crippen LogP) is 1.85. The van der Waals surface area contributed by atoms with Crippen molar-refractivity contribution in [2.75, 3.05) is 6.61 Å². The maximum Gasteiger partial charge on any atom is 0.151 e. The van der Waals surface area contributed by atoms with Gasteiger partial charge in [-0.15, -0.1) is 0 Å². The van der Waals surface area contributed by atoms with Crippen LogP contribution >= 0.6 is 11.6 Å². The molecule has 1 saturated carbocycles. The summed E-state index contributed by atoms with van der Waals surface area (Å²) in [5.74, 6) is -2.66. The van der Waals surface area contributed by atoms with Gasteiger partial charge in [0.1, 0.15) is 6.10 Å². The summed E-state index contributed by atoms with van der Waals surface area (Å²) in [6.07, 6.45) is -2.95.